The zero-order chi connectivity index (χ0) is 15.4. The van der Waals surface area contributed by atoms with E-state index < -0.39 is 5.82 Å². The molecule has 0 radical (unpaired) electrons. The number of anilines is 1. The third-order valence-corrected chi connectivity index (χ3v) is 3.71. The second-order valence-corrected chi connectivity index (χ2v) is 5.31. The molecular weight excluding hydrogens is 305 g/mol. The number of hydrogen-bond acceptors (Lipinski definition) is 4. The van der Waals surface area contributed by atoms with E-state index in [4.69, 9.17) is 0 Å². The van der Waals surface area contributed by atoms with Crippen LogP contribution in [0.25, 0.3) is 0 Å². The molecule has 112 valence electrons. The van der Waals surface area contributed by atoms with E-state index in [1.165, 1.54) is 23.9 Å². The quantitative estimate of drug-likeness (QED) is 0.733. The van der Waals surface area contributed by atoms with E-state index in [0.717, 1.165) is 0 Å². The lowest BCUT2D eigenvalue weighted by Gasteiger charge is -2.07. The van der Waals surface area contributed by atoms with Gasteiger partial charge in [-0.05, 0) is 30.3 Å². The number of aromatic nitrogens is 4. The molecule has 0 saturated carbocycles. The first-order valence-electron chi connectivity index (χ1n) is 6.44. The number of hydrogen-bond donors (Lipinski definition) is 1. The molecule has 8 heteroatoms. The molecule has 1 N–H and O–H groups in total. The average molecular weight is 317 g/mol. The van der Waals surface area contributed by atoms with Gasteiger partial charge in [0.25, 0.3) is 0 Å². The minimum absolute atomic E-state index is 0.149. The second kappa shape index (κ2) is 6.44. The fourth-order valence-corrected chi connectivity index (χ4v) is 2.55. The molecule has 0 spiro atoms. The van der Waals surface area contributed by atoms with Crippen LogP contribution in [0.3, 0.4) is 0 Å². The minimum atomic E-state index is -0.391. The van der Waals surface area contributed by atoms with Gasteiger partial charge in [-0.3, -0.25) is 9.47 Å². The number of nitrogens with zero attached hydrogens (tertiary/aromatic N) is 4. The highest BCUT2D eigenvalue weighted by Gasteiger charge is 2.10. The van der Waals surface area contributed by atoms with Crippen molar-refractivity contribution in [3.8, 4) is 0 Å². The topological polar surface area (TPSA) is 64.7 Å². The Morgan fingerprint density at radius 1 is 1.27 bits per heavy atom. The maximum Gasteiger partial charge on any atom is 0.234 e. The summed E-state index contributed by atoms with van der Waals surface area (Å²) >= 11 is 1.25. The molecule has 0 fully saturated rings. The number of carbonyl (C=O) groups is 1. The first kappa shape index (κ1) is 14.3. The van der Waals surface area contributed by atoms with E-state index in [1.807, 2.05) is 24.5 Å². The zero-order valence-corrected chi connectivity index (χ0v) is 12.2. The summed E-state index contributed by atoms with van der Waals surface area (Å²) in [5.74, 6) is -0.480. The summed E-state index contributed by atoms with van der Waals surface area (Å²) in [6, 6.07) is 9.53. The molecule has 0 aliphatic rings. The van der Waals surface area contributed by atoms with Crippen molar-refractivity contribution >= 4 is 23.4 Å². The predicted molar refractivity (Wildman–Crippen MR) is 81.0 cm³/mol. The molecule has 2 aromatic heterocycles. The maximum absolute atomic E-state index is 13.1. The fraction of sp³-hybridized carbons (Fsp3) is 0.0714. The Kier molecular flexibility index (Phi) is 4.19. The smallest absolute Gasteiger partial charge is 0.234 e. The third kappa shape index (κ3) is 3.34. The molecule has 1 aromatic carbocycles. The van der Waals surface area contributed by atoms with Crippen LogP contribution in [-0.2, 0) is 4.79 Å². The van der Waals surface area contributed by atoms with Crippen LogP contribution in [0.1, 0.15) is 0 Å². The van der Waals surface area contributed by atoms with Crippen LogP contribution in [0.5, 0.6) is 0 Å². The van der Waals surface area contributed by atoms with E-state index in [9.17, 15) is 9.18 Å². The Hall–Kier alpha value is -2.61. The Morgan fingerprint density at radius 2 is 2.09 bits per heavy atom. The summed E-state index contributed by atoms with van der Waals surface area (Å²) in [5, 5.41) is 11.0. The average Bonchev–Trinajstić information content (AvgIpc) is 3.16. The van der Waals surface area contributed by atoms with Crippen molar-refractivity contribution in [2.24, 2.45) is 0 Å². The number of nitrogens with one attached hydrogen (secondary N) is 1. The van der Waals surface area contributed by atoms with Crippen LogP contribution < -0.4 is 5.32 Å². The summed E-state index contributed by atoms with van der Waals surface area (Å²) in [6.45, 7) is 0. The highest BCUT2D eigenvalue weighted by atomic mass is 32.2. The Morgan fingerprint density at radius 3 is 2.86 bits per heavy atom. The van der Waals surface area contributed by atoms with Crippen molar-refractivity contribution in [3.05, 3.63) is 60.9 Å². The summed E-state index contributed by atoms with van der Waals surface area (Å²) < 4.78 is 16.6. The van der Waals surface area contributed by atoms with Gasteiger partial charge >= 0.3 is 0 Å². The van der Waals surface area contributed by atoms with Gasteiger partial charge in [0.1, 0.15) is 12.1 Å². The number of thioether (sulfide) groups is 1. The monoisotopic (exact) mass is 317 g/mol. The van der Waals surface area contributed by atoms with Gasteiger partial charge in [-0.2, -0.15) is 0 Å². The molecule has 1 amide bonds. The number of halogens is 1. The normalized spacial score (nSPS) is 10.6. The van der Waals surface area contributed by atoms with Crippen molar-refractivity contribution < 1.29 is 9.18 Å². The molecule has 22 heavy (non-hydrogen) atoms. The molecule has 0 aliphatic heterocycles. The molecule has 0 unspecified atom stereocenters. The third-order valence-electron chi connectivity index (χ3n) is 2.78. The van der Waals surface area contributed by atoms with E-state index in [2.05, 4.69) is 15.5 Å². The van der Waals surface area contributed by atoms with Crippen LogP contribution in [0, 0.1) is 5.82 Å². The largest absolute Gasteiger partial charge is 0.325 e. The number of amides is 1. The Bertz CT molecular complexity index is 771. The van der Waals surface area contributed by atoms with Gasteiger partial charge < -0.3 is 5.32 Å². The molecule has 3 aromatic rings. The predicted octanol–water partition coefficient (Wildman–Crippen LogP) is 2.26. The number of rotatable bonds is 5. The highest BCUT2D eigenvalue weighted by Crippen LogP contribution is 2.16. The first-order chi connectivity index (χ1) is 10.7. The molecular formula is C14H12FN5OS. The second-order valence-electron chi connectivity index (χ2n) is 4.37. The standard InChI is InChI=1S/C14H12FN5OS/c15-11-4-3-5-12(8-11)17-13(21)9-22-14-18-16-10-20(14)19-6-1-2-7-19/h1-8,10H,9H2,(H,17,21). The van der Waals surface area contributed by atoms with Gasteiger partial charge in [-0.1, -0.05) is 17.8 Å². The van der Waals surface area contributed by atoms with Gasteiger partial charge in [-0.15, -0.1) is 10.2 Å². The van der Waals surface area contributed by atoms with Crippen molar-refractivity contribution in [3.63, 3.8) is 0 Å². The van der Waals surface area contributed by atoms with Crippen LogP contribution in [0.4, 0.5) is 10.1 Å². The lowest BCUT2D eigenvalue weighted by Crippen LogP contribution is -2.15. The zero-order valence-electron chi connectivity index (χ0n) is 11.4. The molecule has 6 nitrogen and oxygen atoms in total. The van der Waals surface area contributed by atoms with E-state index in [0.29, 0.717) is 10.8 Å². The highest BCUT2D eigenvalue weighted by molar-refractivity contribution is 7.99. The fourth-order valence-electron chi connectivity index (χ4n) is 1.84. The summed E-state index contributed by atoms with van der Waals surface area (Å²) in [6.07, 6.45) is 5.26. The lowest BCUT2D eigenvalue weighted by atomic mass is 10.3. The van der Waals surface area contributed by atoms with Crippen molar-refractivity contribution in [1.29, 1.82) is 0 Å². The summed E-state index contributed by atoms with van der Waals surface area (Å²) in [7, 11) is 0. The van der Waals surface area contributed by atoms with Crippen molar-refractivity contribution in [2.45, 2.75) is 5.16 Å². The Balaban J connectivity index is 1.61. The van der Waals surface area contributed by atoms with Crippen molar-refractivity contribution in [2.75, 3.05) is 11.1 Å². The molecule has 0 aliphatic carbocycles. The summed E-state index contributed by atoms with van der Waals surface area (Å²) in [5.41, 5.74) is 0.428. The van der Waals surface area contributed by atoms with E-state index >= 15 is 0 Å². The van der Waals surface area contributed by atoms with Gasteiger partial charge in [0, 0.05) is 18.1 Å². The minimum Gasteiger partial charge on any atom is -0.325 e. The number of carbonyl (C=O) groups excluding carboxylic acids is 1. The van der Waals surface area contributed by atoms with E-state index in [1.54, 1.807) is 27.8 Å². The summed E-state index contributed by atoms with van der Waals surface area (Å²) in [4.78, 5) is 11.9. The van der Waals surface area contributed by atoms with Gasteiger partial charge in [-0.25, -0.2) is 9.07 Å². The van der Waals surface area contributed by atoms with E-state index in [-0.39, 0.29) is 11.7 Å². The van der Waals surface area contributed by atoms with Crippen LogP contribution in [-0.4, -0.2) is 31.2 Å². The van der Waals surface area contributed by atoms with Crippen LogP contribution in [0.15, 0.2) is 60.3 Å². The molecule has 0 bridgehead atoms. The van der Waals surface area contributed by atoms with Gasteiger partial charge in [0.15, 0.2) is 0 Å². The van der Waals surface area contributed by atoms with Crippen LogP contribution in [0.2, 0.25) is 0 Å². The number of benzene rings is 1. The maximum atomic E-state index is 13.1. The van der Waals surface area contributed by atoms with Crippen LogP contribution >= 0.6 is 11.8 Å². The van der Waals surface area contributed by atoms with Crippen molar-refractivity contribution in [1.82, 2.24) is 19.5 Å². The van der Waals surface area contributed by atoms with Gasteiger partial charge in [0.2, 0.25) is 11.1 Å². The molecule has 0 atom stereocenters. The van der Waals surface area contributed by atoms with Gasteiger partial charge in [0.05, 0.1) is 5.75 Å². The molecule has 2 heterocycles. The Labute approximate surface area is 129 Å². The molecule has 3 rings (SSSR count). The lowest BCUT2D eigenvalue weighted by molar-refractivity contribution is -0.113. The SMILES string of the molecule is O=C(CSc1nncn1-n1cccc1)Nc1cccc(F)c1. The molecule has 0 saturated heterocycles. The first-order valence-corrected chi connectivity index (χ1v) is 7.43.